The maximum atomic E-state index is 13.1. The lowest BCUT2D eigenvalue weighted by Gasteiger charge is -2.24. The first-order valence-electron chi connectivity index (χ1n) is 12.5. The molecule has 176 valence electrons. The van der Waals surface area contributed by atoms with E-state index in [9.17, 15) is 4.79 Å². The van der Waals surface area contributed by atoms with Gasteiger partial charge in [0.1, 0.15) is 5.82 Å². The third-order valence-electron chi connectivity index (χ3n) is 6.79. The summed E-state index contributed by atoms with van der Waals surface area (Å²) in [7, 11) is 0.178. The second-order valence-electron chi connectivity index (χ2n) is 9.10. The van der Waals surface area contributed by atoms with Crippen molar-refractivity contribution < 1.29 is 6.17 Å². The van der Waals surface area contributed by atoms with Crippen molar-refractivity contribution in [2.24, 2.45) is 0 Å². The van der Waals surface area contributed by atoms with E-state index in [0.29, 0.717) is 24.7 Å². The number of anilines is 2. The van der Waals surface area contributed by atoms with Crippen LogP contribution in [0.3, 0.4) is 0 Å². The van der Waals surface area contributed by atoms with Crippen molar-refractivity contribution in [2.75, 3.05) is 18.9 Å². The van der Waals surface area contributed by atoms with E-state index in [-0.39, 0.29) is 19.0 Å². The number of benzene rings is 2. The van der Waals surface area contributed by atoms with Gasteiger partial charge in [-0.3, -0.25) is 14.8 Å². The van der Waals surface area contributed by atoms with Gasteiger partial charge in [0.05, 0.1) is 12.2 Å². The highest BCUT2D eigenvalue weighted by molar-refractivity contribution is 5.83. The third kappa shape index (κ3) is 4.28. The fourth-order valence-corrected chi connectivity index (χ4v) is 4.88. The van der Waals surface area contributed by atoms with Crippen molar-refractivity contribution in [3.05, 3.63) is 78.2 Å². The molecule has 2 aromatic carbocycles. The number of carbonyl (C=O) groups is 1. The van der Waals surface area contributed by atoms with Gasteiger partial charge in [-0.2, -0.15) is 5.10 Å². The Bertz CT molecular complexity index is 1370. The minimum absolute atomic E-state index is 0.138. The molecule has 2 aromatic heterocycles. The summed E-state index contributed by atoms with van der Waals surface area (Å²) in [6.07, 6.45) is 7.24. The number of fused-ring (bicyclic) bond motifs is 1. The predicted octanol–water partition coefficient (Wildman–Crippen LogP) is 4.21. The molecule has 8 nitrogen and oxygen atoms in total. The van der Waals surface area contributed by atoms with Gasteiger partial charge in [-0.25, -0.2) is 9.97 Å². The summed E-state index contributed by atoms with van der Waals surface area (Å²) in [6, 6.07) is 16.0. The topological polar surface area (TPSA) is 90.0 Å². The number of H-pyrrole nitrogens is 1. The molecule has 4 heterocycles. The van der Waals surface area contributed by atoms with Crippen molar-refractivity contribution in [3.8, 4) is 22.5 Å². The smallest absolute Gasteiger partial charge is 0.240 e. The van der Waals surface area contributed by atoms with Crippen LogP contribution in [-0.4, -0.2) is 55.5 Å². The molecular weight excluding hydrogens is 438 g/mol. The second-order valence-corrected chi connectivity index (χ2v) is 9.10. The molecule has 0 bridgehead atoms. The van der Waals surface area contributed by atoms with Crippen LogP contribution in [0.25, 0.3) is 22.5 Å². The summed E-state index contributed by atoms with van der Waals surface area (Å²) < 4.78 is 7.71. The number of aromatic nitrogens is 4. The first-order valence-corrected chi connectivity index (χ1v) is 11.8. The molecule has 1 fully saturated rings. The average Bonchev–Trinajstić information content (AvgIpc) is 3.69. The lowest BCUT2D eigenvalue weighted by molar-refractivity contribution is -0.136. The zero-order valence-corrected chi connectivity index (χ0v) is 19.3. The molecule has 0 aliphatic carbocycles. The van der Waals surface area contributed by atoms with Crippen LogP contribution in [0.4, 0.5) is 11.5 Å². The van der Waals surface area contributed by atoms with Crippen LogP contribution in [0.1, 0.15) is 25.3 Å². The number of likely N-dealkylation sites (tertiary alicyclic amines) is 1. The quantitative estimate of drug-likeness (QED) is 0.458. The molecule has 4 aromatic rings. The molecule has 2 aliphatic rings. The van der Waals surface area contributed by atoms with Gasteiger partial charge in [-0.1, -0.05) is 24.3 Å². The molecule has 0 unspecified atom stereocenters. The number of nitrogens with zero attached hydrogens (tertiary/aromatic N) is 5. The van der Waals surface area contributed by atoms with E-state index in [1.54, 1.807) is 12.4 Å². The lowest BCUT2D eigenvalue weighted by atomic mass is 10.1. The van der Waals surface area contributed by atoms with Crippen LogP contribution >= 0.6 is 0 Å². The molecule has 2 aliphatic heterocycles. The van der Waals surface area contributed by atoms with Gasteiger partial charge in [0.15, 0.2) is 5.82 Å². The van der Waals surface area contributed by atoms with Crippen LogP contribution in [0.5, 0.6) is 0 Å². The maximum Gasteiger partial charge on any atom is 0.240 e. The van der Waals surface area contributed by atoms with Crippen molar-refractivity contribution in [1.29, 1.82) is 0 Å². The van der Waals surface area contributed by atoms with Gasteiger partial charge >= 0.3 is 0 Å². The normalized spacial score (nSPS) is 17.9. The van der Waals surface area contributed by atoms with Crippen molar-refractivity contribution >= 4 is 17.4 Å². The summed E-state index contributed by atoms with van der Waals surface area (Å²) in [6.45, 7) is 2.04. The Labute approximate surface area is 205 Å². The fraction of sp³-hybridized carbons (Fsp3) is 0.259. The monoisotopic (exact) mass is 466 g/mol. The molecule has 8 heteroatoms. The highest BCUT2D eigenvalue weighted by Crippen LogP contribution is 2.30. The van der Waals surface area contributed by atoms with Gasteiger partial charge in [0, 0.05) is 43.7 Å². The fourth-order valence-electron chi connectivity index (χ4n) is 4.88. The summed E-state index contributed by atoms with van der Waals surface area (Å²) in [5.41, 5.74) is 6.28. The van der Waals surface area contributed by atoms with Gasteiger partial charge < -0.3 is 10.2 Å². The van der Waals surface area contributed by atoms with Crippen LogP contribution in [0.15, 0.2) is 67.1 Å². The number of rotatable bonds is 5. The van der Waals surface area contributed by atoms with Gasteiger partial charge in [-0.15, -0.1) is 0 Å². The molecular formula is C27H27N7O. The van der Waals surface area contributed by atoms with Crippen LogP contribution in [0, 0.1) is 0 Å². The largest absolute Gasteiger partial charge is 0.340 e. The van der Waals surface area contributed by atoms with Crippen LogP contribution < -0.4 is 5.32 Å². The molecule has 35 heavy (non-hydrogen) atoms. The van der Waals surface area contributed by atoms with Crippen LogP contribution in [-0.2, 0) is 17.9 Å². The van der Waals surface area contributed by atoms with Crippen molar-refractivity contribution in [1.82, 2.24) is 30.0 Å². The summed E-state index contributed by atoms with van der Waals surface area (Å²) >= 11 is 0. The average molecular weight is 467 g/mol. The number of carbonyl (C=O) groups excluding carboxylic acids is 1. The van der Waals surface area contributed by atoms with Crippen molar-refractivity contribution in [2.45, 2.75) is 32.0 Å². The molecule has 6 rings (SSSR count). The van der Waals surface area contributed by atoms with Crippen LogP contribution in [0.2, 0.25) is 0 Å². The Balaban J connectivity index is 1.16. The highest BCUT2D eigenvalue weighted by atomic mass is 16.2. The first-order chi connectivity index (χ1) is 17.7. The van der Waals surface area contributed by atoms with E-state index in [1.165, 1.54) is 0 Å². The molecule has 0 spiro atoms. The zero-order chi connectivity index (χ0) is 24.5. The molecule has 0 radical (unpaired) electrons. The van der Waals surface area contributed by atoms with E-state index in [2.05, 4.69) is 32.6 Å². The number of hydrogen-bond acceptors (Lipinski definition) is 6. The Morgan fingerprint density at radius 3 is 2.77 bits per heavy atom. The van der Waals surface area contributed by atoms with E-state index in [0.717, 1.165) is 52.9 Å². The molecule has 0 saturated carbocycles. The van der Waals surface area contributed by atoms with E-state index in [4.69, 9.17) is 6.35 Å². The van der Waals surface area contributed by atoms with E-state index >= 15 is 0 Å². The Kier molecular flexibility index (Phi) is 5.21. The highest BCUT2D eigenvalue weighted by Gasteiger charge is 2.34. The zero-order valence-electron chi connectivity index (χ0n) is 20.3. The number of aromatic amines is 1. The molecule has 1 saturated heterocycles. The molecule has 1 amide bonds. The number of likely N-dealkylation sites (N-methyl/N-ethyl adjacent to an activating group) is 1. The summed E-state index contributed by atoms with van der Waals surface area (Å²) in [4.78, 5) is 26.2. The second kappa shape index (κ2) is 8.96. The summed E-state index contributed by atoms with van der Waals surface area (Å²) in [5, 5.41) is 10.2. The maximum absolute atomic E-state index is 13.1. The minimum Gasteiger partial charge on any atom is -0.340 e. The van der Waals surface area contributed by atoms with Gasteiger partial charge in [-0.05, 0) is 67.4 Å². The Morgan fingerprint density at radius 2 is 1.94 bits per heavy atom. The van der Waals surface area contributed by atoms with Gasteiger partial charge in [0.2, 0.25) is 5.91 Å². The van der Waals surface area contributed by atoms with E-state index < -0.39 is 0 Å². The Morgan fingerprint density at radius 1 is 1.09 bits per heavy atom. The number of nitrogens with one attached hydrogen (secondary N) is 2. The third-order valence-corrected chi connectivity index (χ3v) is 6.79. The van der Waals surface area contributed by atoms with E-state index in [1.807, 2.05) is 52.4 Å². The van der Waals surface area contributed by atoms with Gasteiger partial charge in [0.25, 0.3) is 0 Å². The molecule has 2 N–H and O–H groups in total. The minimum atomic E-state index is -0.156. The van der Waals surface area contributed by atoms with Crippen molar-refractivity contribution in [3.63, 3.8) is 0 Å². The summed E-state index contributed by atoms with van der Waals surface area (Å²) in [5.74, 6) is 1.49. The molecule has 1 atom stereocenters. The lowest BCUT2D eigenvalue weighted by Crippen LogP contribution is -2.41. The number of hydrogen-bond donors (Lipinski definition) is 2. The standard InChI is InChI=1S/C27H27N7O/c1-33-12-2-3-24(33)27(35)34-16-20-5-4-19(13-21(20)17-34)26-28-11-10-25(32-26)31-23-8-6-18(7-9-23)22-14-29-30-15-22/h4-11,13-15,24H,2-3,12,16-17H2,1H3,(H,29,30)(H,28,31,32)/t24-/m0/s1/i1D. The SMILES string of the molecule is [2H]CN1CCC[C@H]1C(=O)N1Cc2ccc(-c3nccc(Nc4ccc(-c5cn[nH]c5)cc4)n3)cc2C1. The Hall–Kier alpha value is -4.04. The first kappa shape index (κ1) is 20.3. The predicted molar refractivity (Wildman–Crippen MR) is 135 cm³/mol. The number of amides is 1.